The lowest BCUT2D eigenvalue weighted by Crippen LogP contribution is -2.50. The topological polar surface area (TPSA) is 78.8 Å². The van der Waals surface area contributed by atoms with Crippen molar-refractivity contribution in [3.05, 3.63) is 96.4 Å². The first kappa shape index (κ1) is 25.5. The molecule has 0 aliphatic carbocycles. The van der Waals surface area contributed by atoms with E-state index in [-0.39, 0.29) is 5.91 Å². The molecule has 2 aromatic heterocycles. The highest BCUT2D eigenvalue weighted by atomic mass is 16.5. The fourth-order valence-corrected chi connectivity index (χ4v) is 6.13. The van der Waals surface area contributed by atoms with E-state index >= 15 is 0 Å². The lowest BCUT2D eigenvalue weighted by molar-refractivity contribution is -0.118. The minimum atomic E-state index is 0.0829. The van der Waals surface area contributed by atoms with Gasteiger partial charge in [-0.3, -0.25) is 9.69 Å². The van der Waals surface area contributed by atoms with Crippen molar-refractivity contribution in [2.75, 3.05) is 49.1 Å². The highest BCUT2D eigenvalue weighted by Gasteiger charge is 2.30. The molecule has 8 heteroatoms. The fourth-order valence-electron chi connectivity index (χ4n) is 6.13. The van der Waals surface area contributed by atoms with Crippen LogP contribution in [0.3, 0.4) is 0 Å². The summed E-state index contributed by atoms with van der Waals surface area (Å²) in [6, 6.07) is 28.6. The summed E-state index contributed by atoms with van der Waals surface area (Å²) in [6.07, 6.45) is 1.68. The highest BCUT2D eigenvalue weighted by molar-refractivity contribution is 5.94. The van der Waals surface area contributed by atoms with Gasteiger partial charge in [0.05, 0.1) is 0 Å². The van der Waals surface area contributed by atoms with E-state index in [9.17, 15) is 4.79 Å². The summed E-state index contributed by atoms with van der Waals surface area (Å²) < 4.78 is 11.3. The van der Waals surface area contributed by atoms with Gasteiger partial charge in [-0.05, 0) is 48.2 Å². The van der Waals surface area contributed by atoms with Crippen molar-refractivity contribution in [2.45, 2.75) is 19.3 Å². The van der Waals surface area contributed by atoms with E-state index in [1.54, 1.807) is 0 Å². The van der Waals surface area contributed by atoms with E-state index < -0.39 is 0 Å². The maximum atomic E-state index is 13.6. The minimum absolute atomic E-state index is 0.0829. The molecule has 1 fully saturated rings. The Morgan fingerprint density at radius 2 is 1.68 bits per heavy atom. The zero-order valence-corrected chi connectivity index (χ0v) is 23.0. The van der Waals surface area contributed by atoms with E-state index in [0.29, 0.717) is 36.2 Å². The second-order valence-corrected chi connectivity index (χ2v) is 11.0. The van der Waals surface area contributed by atoms with Gasteiger partial charge >= 0.3 is 0 Å². The molecule has 4 heterocycles. The summed E-state index contributed by atoms with van der Waals surface area (Å²) in [6.45, 7) is 5.83. The van der Waals surface area contributed by atoms with Crippen LogP contribution in [-0.4, -0.2) is 60.2 Å². The lowest BCUT2D eigenvalue weighted by atomic mass is 9.91. The third-order valence-electron chi connectivity index (χ3n) is 8.21. The fraction of sp³-hybridized carbons (Fsp3) is 0.303. The first-order chi connectivity index (χ1) is 20.2. The smallest absolute Gasteiger partial charge is 0.238 e. The summed E-state index contributed by atoms with van der Waals surface area (Å²) in [7, 11) is 0. The van der Waals surface area contributed by atoms with Gasteiger partial charge in [0.1, 0.15) is 5.58 Å². The predicted octanol–water partition coefficient (Wildman–Crippen LogP) is 5.44. The molecular formula is C33H33N5O3. The SMILES string of the molecule is O=C(CCc1nc(-c2cc3ccccc3o2)no1)N1CC(CN2CCN(c3ccccc3)CC2)Cc2ccccc21. The number of carbonyl (C=O) groups excluding carboxylic acids is 1. The molecule has 41 heavy (non-hydrogen) atoms. The number of rotatable bonds is 7. The molecule has 7 rings (SSSR count). The van der Waals surface area contributed by atoms with E-state index in [2.05, 4.69) is 68.5 Å². The number of amides is 1. The Labute approximate surface area is 239 Å². The quantitative estimate of drug-likeness (QED) is 0.268. The predicted molar refractivity (Wildman–Crippen MR) is 159 cm³/mol. The third kappa shape index (κ3) is 5.47. The van der Waals surface area contributed by atoms with E-state index in [0.717, 1.165) is 62.3 Å². The molecule has 0 N–H and O–H groups in total. The molecule has 2 aliphatic rings. The number of anilines is 2. The van der Waals surface area contributed by atoms with Crippen molar-refractivity contribution in [3.63, 3.8) is 0 Å². The van der Waals surface area contributed by atoms with E-state index in [1.165, 1.54) is 11.3 Å². The van der Waals surface area contributed by atoms with Crippen LogP contribution in [0, 0.1) is 5.92 Å². The van der Waals surface area contributed by atoms with E-state index in [4.69, 9.17) is 8.94 Å². The zero-order valence-electron chi connectivity index (χ0n) is 23.0. The van der Waals surface area contributed by atoms with Crippen molar-refractivity contribution >= 4 is 28.3 Å². The molecule has 1 saturated heterocycles. The maximum absolute atomic E-state index is 13.6. The van der Waals surface area contributed by atoms with Crippen molar-refractivity contribution in [3.8, 4) is 11.6 Å². The number of carbonyl (C=O) groups is 1. The molecule has 0 saturated carbocycles. The summed E-state index contributed by atoms with van der Waals surface area (Å²) in [5.74, 6) is 1.87. The Kier molecular flexibility index (Phi) is 6.98. The van der Waals surface area contributed by atoms with Gasteiger partial charge < -0.3 is 18.7 Å². The molecule has 1 amide bonds. The number of piperazine rings is 1. The van der Waals surface area contributed by atoms with Crippen LogP contribution in [0.25, 0.3) is 22.6 Å². The summed E-state index contributed by atoms with van der Waals surface area (Å²) in [5, 5.41) is 5.08. The van der Waals surface area contributed by atoms with Crippen LogP contribution in [0.4, 0.5) is 11.4 Å². The molecule has 2 aliphatic heterocycles. The van der Waals surface area contributed by atoms with Crippen LogP contribution < -0.4 is 9.80 Å². The second-order valence-electron chi connectivity index (χ2n) is 11.0. The van der Waals surface area contributed by atoms with Gasteiger partial charge in [-0.2, -0.15) is 4.98 Å². The number of furan rings is 1. The molecule has 0 radical (unpaired) electrons. The molecule has 0 spiro atoms. The zero-order chi connectivity index (χ0) is 27.6. The molecule has 5 aromatic rings. The van der Waals surface area contributed by atoms with Crippen LogP contribution >= 0.6 is 0 Å². The summed E-state index contributed by atoms with van der Waals surface area (Å²) in [5.41, 5.74) is 4.34. The third-order valence-corrected chi connectivity index (χ3v) is 8.21. The maximum Gasteiger partial charge on any atom is 0.238 e. The van der Waals surface area contributed by atoms with Crippen molar-refractivity contribution < 1.29 is 13.7 Å². The standard InChI is InChI=1S/C33H33N5O3/c39-32(15-14-31-34-33(35-41-31)30-21-26-9-5-7-13-29(26)40-30)38-23-24(20-25-8-4-6-12-28(25)38)22-36-16-18-37(19-17-36)27-10-2-1-3-11-27/h1-13,21,24H,14-20,22-23H2. The Morgan fingerprint density at radius 3 is 2.54 bits per heavy atom. The molecule has 0 bridgehead atoms. The monoisotopic (exact) mass is 547 g/mol. The molecular weight excluding hydrogens is 514 g/mol. The molecule has 1 atom stereocenters. The second kappa shape index (κ2) is 11.2. The lowest BCUT2D eigenvalue weighted by Gasteiger charge is -2.40. The number of benzene rings is 3. The first-order valence-corrected chi connectivity index (χ1v) is 14.4. The molecule has 1 unspecified atom stereocenters. The molecule has 208 valence electrons. The summed E-state index contributed by atoms with van der Waals surface area (Å²) >= 11 is 0. The minimum Gasteiger partial charge on any atom is -0.453 e. The van der Waals surface area contributed by atoms with Gasteiger partial charge in [-0.15, -0.1) is 0 Å². The van der Waals surface area contributed by atoms with Crippen molar-refractivity contribution in [1.82, 2.24) is 15.0 Å². The van der Waals surface area contributed by atoms with E-state index in [1.807, 2.05) is 41.3 Å². The number of para-hydroxylation sites is 3. The van der Waals surface area contributed by atoms with Crippen molar-refractivity contribution in [2.24, 2.45) is 5.92 Å². The molecule has 8 nitrogen and oxygen atoms in total. The van der Waals surface area contributed by atoms with Gasteiger partial charge in [0.15, 0.2) is 5.76 Å². The van der Waals surface area contributed by atoms with Crippen LogP contribution in [0.1, 0.15) is 17.9 Å². The van der Waals surface area contributed by atoms with Crippen LogP contribution in [0.15, 0.2) is 93.9 Å². The van der Waals surface area contributed by atoms with Crippen LogP contribution in [0.2, 0.25) is 0 Å². The van der Waals surface area contributed by atoms with Gasteiger partial charge in [0.2, 0.25) is 17.6 Å². The number of aryl methyl sites for hydroxylation is 1. The average molecular weight is 548 g/mol. The number of hydrogen-bond donors (Lipinski definition) is 0. The van der Waals surface area contributed by atoms with Gasteiger partial charge in [0, 0.05) is 68.9 Å². The highest BCUT2D eigenvalue weighted by Crippen LogP contribution is 2.31. The van der Waals surface area contributed by atoms with Gasteiger partial charge in [-0.1, -0.05) is 59.8 Å². The first-order valence-electron chi connectivity index (χ1n) is 14.4. The number of nitrogens with zero attached hydrogens (tertiary/aromatic N) is 5. The Balaban J connectivity index is 0.985. The number of fused-ring (bicyclic) bond motifs is 2. The number of hydrogen-bond acceptors (Lipinski definition) is 7. The van der Waals surface area contributed by atoms with Crippen LogP contribution in [-0.2, 0) is 17.6 Å². The largest absolute Gasteiger partial charge is 0.453 e. The van der Waals surface area contributed by atoms with Gasteiger partial charge in [-0.25, -0.2) is 0 Å². The van der Waals surface area contributed by atoms with Crippen LogP contribution in [0.5, 0.6) is 0 Å². The van der Waals surface area contributed by atoms with Gasteiger partial charge in [0.25, 0.3) is 0 Å². The molecule has 3 aromatic carbocycles. The van der Waals surface area contributed by atoms with Crippen molar-refractivity contribution in [1.29, 1.82) is 0 Å². The Bertz CT molecular complexity index is 1600. The summed E-state index contributed by atoms with van der Waals surface area (Å²) in [4.78, 5) is 25.1. The average Bonchev–Trinajstić information content (AvgIpc) is 3.68. The number of aromatic nitrogens is 2. The normalized spacial score (nSPS) is 17.6. The Hall–Kier alpha value is -4.43. The Morgan fingerprint density at radius 1 is 0.902 bits per heavy atom.